The molecule has 0 fully saturated rings. The van der Waals surface area contributed by atoms with Gasteiger partial charge >= 0.3 is 0 Å². The first-order chi connectivity index (χ1) is 9.15. The van der Waals surface area contributed by atoms with Gasteiger partial charge in [0.25, 0.3) is 0 Å². The van der Waals surface area contributed by atoms with Crippen LogP contribution in [0.2, 0.25) is 0 Å². The summed E-state index contributed by atoms with van der Waals surface area (Å²) in [5, 5.41) is 5.03. The molecule has 4 heteroatoms. The Balaban J connectivity index is 1.80. The van der Waals surface area contributed by atoms with Crippen molar-refractivity contribution in [2.75, 3.05) is 5.73 Å². The van der Waals surface area contributed by atoms with E-state index in [1.165, 1.54) is 4.88 Å². The number of benzene rings is 1. The molecule has 1 aromatic heterocycles. The standard InChI is InChI=1S/C15H18N2OS/c1-11(14-3-2-10-19-14)17-15(18)9-6-12-4-7-13(16)8-5-12/h2-5,7-8,10-11H,6,9,16H2,1H3,(H,17,18). The van der Waals surface area contributed by atoms with E-state index in [0.29, 0.717) is 6.42 Å². The van der Waals surface area contributed by atoms with E-state index in [0.717, 1.165) is 17.7 Å². The molecule has 0 aliphatic heterocycles. The molecule has 1 atom stereocenters. The lowest BCUT2D eigenvalue weighted by Crippen LogP contribution is -2.26. The van der Waals surface area contributed by atoms with E-state index in [1.54, 1.807) is 11.3 Å². The van der Waals surface area contributed by atoms with E-state index in [4.69, 9.17) is 5.73 Å². The van der Waals surface area contributed by atoms with Crippen LogP contribution in [0.5, 0.6) is 0 Å². The van der Waals surface area contributed by atoms with Crippen LogP contribution in [0.4, 0.5) is 5.69 Å². The third-order valence-corrected chi connectivity index (χ3v) is 4.02. The Morgan fingerprint density at radius 1 is 1.32 bits per heavy atom. The Bertz CT molecular complexity index is 520. The van der Waals surface area contributed by atoms with Crippen molar-refractivity contribution in [3.05, 3.63) is 52.2 Å². The van der Waals surface area contributed by atoms with E-state index in [1.807, 2.05) is 48.7 Å². The number of amides is 1. The fraction of sp³-hybridized carbons (Fsp3) is 0.267. The lowest BCUT2D eigenvalue weighted by atomic mass is 10.1. The van der Waals surface area contributed by atoms with Gasteiger partial charge in [-0.25, -0.2) is 0 Å². The Hall–Kier alpha value is -1.81. The first-order valence-corrected chi connectivity index (χ1v) is 7.20. The third kappa shape index (κ3) is 4.10. The summed E-state index contributed by atoms with van der Waals surface area (Å²) in [6.07, 6.45) is 1.24. The first-order valence-electron chi connectivity index (χ1n) is 6.32. The molecule has 1 amide bonds. The molecule has 1 aromatic carbocycles. The maximum atomic E-state index is 11.9. The highest BCUT2D eigenvalue weighted by molar-refractivity contribution is 7.10. The molecule has 0 aliphatic carbocycles. The quantitative estimate of drug-likeness (QED) is 0.823. The molecule has 0 aliphatic rings. The van der Waals surface area contributed by atoms with Crippen LogP contribution in [0.3, 0.4) is 0 Å². The predicted molar refractivity (Wildman–Crippen MR) is 80.1 cm³/mol. The van der Waals surface area contributed by atoms with Crippen LogP contribution in [-0.4, -0.2) is 5.91 Å². The number of carbonyl (C=O) groups excluding carboxylic acids is 1. The highest BCUT2D eigenvalue weighted by Gasteiger charge is 2.10. The number of hydrogen-bond donors (Lipinski definition) is 2. The second-order valence-corrected chi connectivity index (χ2v) is 5.53. The zero-order valence-corrected chi connectivity index (χ0v) is 11.7. The van der Waals surface area contributed by atoms with E-state index >= 15 is 0 Å². The fourth-order valence-electron chi connectivity index (χ4n) is 1.86. The molecule has 0 saturated heterocycles. The monoisotopic (exact) mass is 274 g/mol. The Morgan fingerprint density at radius 3 is 2.68 bits per heavy atom. The number of rotatable bonds is 5. The Kier molecular flexibility index (Phi) is 4.58. The van der Waals surface area contributed by atoms with Crippen LogP contribution in [0.15, 0.2) is 41.8 Å². The average molecular weight is 274 g/mol. The van der Waals surface area contributed by atoms with Gasteiger partial charge in [-0.15, -0.1) is 11.3 Å². The molecule has 3 N–H and O–H groups in total. The van der Waals surface area contributed by atoms with Gasteiger partial charge in [0.15, 0.2) is 0 Å². The van der Waals surface area contributed by atoms with Crippen LogP contribution < -0.4 is 11.1 Å². The minimum Gasteiger partial charge on any atom is -0.399 e. The second-order valence-electron chi connectivity index (χ2n) is 4.55. The molecule has 0 bridgehead atoms. The number of thiophene rings is 1. The highest BCUT2D eigenvalue weighted by Crippen LogP contribution is 2.18. The van der Waals surface area contributed by atoms with Gasteiger partial charge < -0.3 is 11.1 Å². The van der Waals surface area contributed by atoms with Gasteiger partial charge in [0, 0.05) is 17.0 Å². The molecule has 0 saturated carbocycles. The minimum absolute atomic E-state index is 0.0812. The highest BCUT2D eigenvalue weighted by atomic mass is 32.1. The summed E-state index contributed by atoms with van der Waals surface area (Å²) < 4.78 is 0. The smallest absolute Gasteiger partial charge is 0.220 e. The summed E-state index contributed by atoms with van der Waals surface area (Å²) in [6.45, 7) is 2.01. The van der Waals surface area contributed by atoms with Crippen molar-refractivity contribution in [3.8, 4) is 0 Å². The van der Waals surface area contributed by atoms with Gasteiger partial charge in [0.2, 0.25) is 5.91 Å². The number of anilines is 1. The maximum Gasteiger partial charge on any atom is 0.220 e. The van der Waals surface area contributed by atoms with Gasteiger partial charge in [-0.2, -0.15) is 0 Å². The molecule has 0 spiro atoms. The van der Waals surface area contributed by atoms with Crippen molar-refractivity contribution in [3.63, 3.8) is 0 Å². The van der Waals surface area contributed by atoms with Crippen molar-refractivity contribution in [1.29, 1.82) is 0 Å². The van der Waals surface area contributed by atoms with Gasteiger partial charge in [-0.3, -0.25) is 4.79 Å². The molecule has 1 heterocycles. The zero-order chi connectivity index (χ0) is 13.7. The zero-order valence-electron chi connectivity index (χ0n) is 10.9. The van der Waals surface area contributed by atoms with Crippen LogP contribution >= 0.6 is 11.3 Å². The topological polar surface area (TPSA) is 55.1 Å². The van der Waals surface area contributed by atoms with E-state index in [-0.39, 0.29) is 11.9 Å². The SMILES string of the molecule is CC(NC(=O)CCc1ccc(N)cc1)c1cccs1. The minimum atomic E-state index is 0.0812. The van der Waals surface area contributed by atoms with Crippen molar-refractivity contribution in [2.24, 2.45) is 0 Å². The van der Waals surface area contributed by atoms with E-state index < -0.39 is 0 Å². The predicted octanol–water partition coefficient (Wildman–Crippen LogP) is 3.14. The number of nitrogens with two attached hydrogens (primary N) is 1. The molecule has 2 rings (SSSR count). The summed E-state index contributed by atoms with van der Waals surface area (Å²) in [5.41, 5.74) is 7.51. The van der Waals surface area contributed by atoms with Crippen LogP contribution in [0, 0.1) is 0 Å². The van der Waals surface area contributed by atoms with Crippen molar-refractivity contribution >= 4 is 22.9 Å². The third-order valence-electron chi connectivity index (χ3n) is 2.97. The number of nitrogen functional groups attached to an aromatic ring is 1. The Morgan fingerprint density at radius 2 is 2.05 bits per heavy atom. The van der Waals surface area contributed by atoms with Crippen LogP contribution in [0.1, 0.15) is 29.8 Å². The average Bonchev–Trinajstić information content (AvgIpc) is 2.92. The van der Waals surface area contributed by atoms with Gasteiger partial charge in [0.1, 0.15) is 0 Å². The lowest BCUT2D eigenvalue weighted by Gasteiger charge is -2.12. The Labute approximate surface area is 117 Å². The lowest BCUT2D eigenvalue weighted by molar-refractivity contribution is -0.121. The normalized spacial score (nSPS) is 12.1. The molecule has 19 heavy (non-hydrogen) atoms. The molecule has 100 valence electrons. The van der Waals surface area contributed by atoms with Crippen LogP contribution in [0.25, 0.3) is 0 Å². The summed E-state index contributed by atoms with van der Waals surface area (Å²) in [6, 6.07) is 11.8. The van der Waals surface area contributed by atoms with E-state index in [2.05, 4.69) is 5.32 Å². The van der Waals surface area contributed by atoms with Crippen molar-refractivity contribution in [2.45, 2.75) is 25.8 Å². The summed E-state index contributed by atoms with van der Waals surface area (Å²) in [5.74, 6) is 0.0812. The van der Waals surface area contributed by atoms with Gasteiger partial charge in [-0.1, -0.05) is 18.2 Å². The van der Waals surface area contributed by atoms with Crippen LogP contribution in [-0.2, 0) is 11.2 Å². The number of aryl methyl sites for hydroxylation is 1. The van der Waals surface area contributed by atoms with Gasteiger partial charge in [-0.05, 0) is 42.5 Å². The maximum absolute atomic E-state index is 11.9. The summed E-state index contributed by atoms with van der Waals surface area (Å²) in [7, 11) is 0. The number of nitrogens with one attached hydrogen (secondary N) is 1. The fourth-order valence-corrected chi connectivity index (χ4v) is 2.60. The number of hydrogen-bond acceptors (Lipinski definition) is 3. The largest absolute Gasteiger partial charge is 0.399 e. The molecule has 3 nitrogen and oxygen atoms in total. The first kappa shape index (κ1) is 13.6. The van der Waals surface area contributed by atoms with E-state index in [9.17, 15) is 4.79 Å². The van der Waals surface area contributed by atoms with Crippen molar-refractivity contribution in [1.82, 2.24) is 5.32 Å². The summed E-state index contributed by atoms with van der Waals surface area (Å²) in [4.78, 5) is 13.0. The molecular weight excluding hydrogens is 256 g/mol. The molecule has 2 aromatic rings. The number of carbonyl (C=O) groups is 1. The molecular formula is C15H18N2OS. The molecule has 0 radical (unpaired) electrons. The second kappa shape index (κ2) is 6.38. The molecule has 1 unspecified atom stereocenters. The summed E-state index contributed by atoms with van der Waals surface area (Å²) >= 11 is 1.66. The van der Waals surface area contributed by atoms with Crippen molar-refractivity contribution < 1.29 is 4.79 Å². The van der Waals surface area contributed by atoms with Gasteiger partial charge in [0.05, 0.1) is 6.04 Å².